The molecule has 1 heterocycles. The molecule has 0 aliphatic carbocycles. The van der Waals surface area contributed by atoms with Gasteiger partial charge in [0, 0.05) is 27.4 Å². The van der Waals surface area contributed by atoms with Crippen molar-refractivity contribution >= 4 is 40.3 Å². The summed E-state index contributed by atoms with van der Waals surface area (Å²) >= 11 is 13.3. The van der Waals surface area contributed by atoms with E-state index in [2.05, 4.69) is 11.1 Å². The van der Waals surface area contributed by atoms with E-state index in [1.165, 1.54) is 11.3 Å². The van der Waals surface area contributed by atoms with Crippen molar-refractivity contribution in [3.05, 3.63) is 74.5 Å². The molecule has 0 saturated carbocycles. The number of aryl methyl sites for hydroxylation is 1. The van der Waals surface area contributed by atoms with Crippen LogP contribution >= 0.6 is 34.5 Å². The van der Waals surface area contributed by atoms with Gasteiger partial charge in [-0.05, 0) is 30.2 Å². The molecule has 3 aromatic rings. The van der Waals surface area contributed by atoms with Crippen molar-refractivity contribution in [3.8, 4) is 17.3 Å². The molecule has 1 aromatic heterocycles. The van der Waals surface area contributed by atoms with Gasteiger partial charge in [0.15, 0.2) is 11.7 Å². The number of aromatic nitrogens is 1. The van der Waals surface area contributed by atoms with Crippen LogP contribution < -0.4 is 0 Å². The zero-order valence-corrected chi connectivity index (χ0v) is 16.0. The SMILES string of the molecule is N#CC(C(=O)CCc1ccccc1Cl)c1nc(-c2ccc(Cl)cc2)cs1. The van der Waals surface area contributed by atoms with Crippen LogP contribution in [0.1, 0.15) is 22.9 Å². The molecule has 0 fully saturated rings. The topological polar surface area (TPSA) is 53.8 Å². The van der Waals surface area contributed by atoms with E-state index in [9.17, 15) is 10.1 Å². The molecule has 2 aromatic carbocycles. The predicted octanol–water partition coefficient (Wildman–Crippen LogP) is 5.93. The highest BCUT2D eigenvalue weighted by molar-refractivity contribution is 7.10. The summed E-state index contributed by atoms with van der Waals surface area (Å²) in [5.41, 5.74) is 2.54. The Labute approximate surface area is 165 Å². The number of halogens is 2. The van der Waals surface area contributed by atoms with Gasteiger partial charge in [-0.25, -0.2) is 4.98 Å². The van der Waals surface area contributed by atoms with E-state index in [1.807, 2.05) is 35.7 Å². The Morgan fingerprint density at radius 2 is 1.88 bits per heavy atom. The second-order valence-corrected chi connectivity index (χ2v) is 7.43. The summed E-state index contributed by atoms with van der Waals surface area (Å²) in [6, 6.07) is 16.8. The number of ketones is 1. The highest BCUT2D eigenvalue weighted by atomic mass is 35.5. The third-order valence-electron chi connectivity index (χ3n) is 3.96. The van der Waals surface area contributed by atoms with E-state index in [0.717, 1.165) is 16.8 Å². The van der Waals surface area contributed by atoms with Crippen molar-refractivity contribution in [2.45, 2.75) is 18.8 Å². The van der Waals surface area contributed by atoms with Crippen LogP contribution in [0.2, 0.25) is 10.0 Å². The molecule has 0 aliphatic heterocycles. The molecule has 3 nitrogen and oxygen atoms in total. The van der Waals surface area contributed by atoms with Crippen LogP contribution in [0.5, 0.6) is 0 Å². The molecule has 1 atom stereocenters. The molecule has 0 N–H and O–H groups in total. The van der Waals surface area contributed by atoms with Gasteiger partial charge in [0.25, 0.3) is 0 Å². The molecule has 3 rings (SSSR count). The Balaban J connectivity index is 1.72. The summed E-state index contributed by atoms with van der Waals surface area (Å²) in [5, 5.41) is 13.1. The Morgan fingerprint density at radius 3 is 2.58 bits per heavy atom. The summed E-state index contributed by atoms with van der Waals surface area (Å²) in [4.78, 5) is 17.0. The Morgan fingerprint density at radius 1 is 1.15 bits per heavy atom. The van der Waals surface area contributed by atoms with Gasteiger partial charge >= 0.3 is 0 Å². The quantitative estimate of drug-likeness (QED) is 0.515. The lowest BCUT2D eigenvalue weighted by atomic mass is 9.99. The van der Waals surface area contributed by atoms with Crippen LogP contribution in [-0.2, 0) is 11.2 Å². The van der Waals surface area contributed by atoms with Gasteiger partial charge in [-0.1, -0.05) is 53.5 Å². The molecule has 6 heteroatoms. The first-order chi connectivity index (χ1) is 12.6. The van der Waals surface area contributed by atoms with Gasteiger partial charge in [0.05, 0.1) is 11.8 Å². The maximum Gasteiger partial charge on any atom is 0.157 e. The van der Waals surface area contributed by atoms with Gasteiger partial charge in [-0.3, -0.25) is 4.79 Å². The van der Waals surface area contributed by atoms with Crippen molar-refractivity contribution in [2.75, 3.05) is 0 Å². The van der Waals surface area contributed by atoms with Crippen LogP contribution in [0, 0.1) is 11.3 Å². The molecular weight excluding hydrogens is 387 g/mol. The summed E-state index contributed by atoms with van der Waals surface area (Å²) in [7, 11) is 0. The summed E-state index contributed by atoms with van der Waals surface area (Å²) < 4.78 is 0. The Hall–Kier alpha value is -2.19. The first-order valence-electron chi connectivity index (χ1n) is 7.95. The van der Waals surface area contributed by atoms with Crippen LogP contribution in [0.3, 0.4) is 0 Å². The second-order valence-electron chi connectivity index (χ2n) is 5.70. The van der Waals surface area contributed by atoms with Crippen molar-refractivity contribution in [1.82, 2.24) is 4.98 Å². The number of thiazole rings is 1. The number of Topliss-reactive ketones (excluding diaryl/α,β-unsaturated/α-hetero) is 1. The van der Waals surface area contributed by atoms with Crippen LogP contribution in [0.15, 0.2) is 53.9 Å². The fourth-order valence-corrected chi connectivity index (χ4v) is 3.79. The number of nitrogens with zero attached hydrogens (tertiary/aromatic N) is 2. The van der Waals surface area contributed by atoms with Crippen molar-refractivity contribution < 1.29 is 4.79 Å². The number of hydrogen-bond acceptors (Lipinski definition) is 4. The van der Waals surface area contributed by atoms with E-state index in [1.54, 1.807) is 18.2 Å². The highest BCUT2D eigenvalue weighted by Crippen LogP contribution is 2.29. The Kier molecular flexibility index (Phi) is 6.05. The third-order valence-corrected chi connectivity index (χ3v) is 5.49. The molecule has 130 valence electrons. The lowest BCUT2D eigenvalue weighted by Crippen LogP contribution is -2.11. The van der Waals surface area contributed by atoms with Gasteiger partial charge in [0.2, 0.25) is 0 Å². The minimum Gasteiger partial charge on any atom is -0.298 e. The van der Waals surface area contributed by atoms with Gasteiger partial charge in [0.1, 0.15) is 5.01 Å². The summed E-state index contributed by atoms with van der Waals surface area (Å²) in [5.74, 6) is -1.01. The number of carbonyl (C=O) groups excluding carboxylic acids is 1. The largest absolute Gasteiger partial charge is 0.298 e. The molecule has 0 saturated heterocycles. The van der Waals surface area contributed by atoms with Gasteiger partial charge < -0.3 is 0 Å². The average Bonchev–Trinajstić information content (AvgIpc) is 3.12. The van der Waals surface area contributed by atoms with Crippen LogP contribution in [-0.4, -0.2) is 10.8 Å². The number of nitriles is 1. The number of hydrogen-bond donors (Lipinski definition) is 0. The normalized spacial score (nSPS) is 11.7. The van der Waals surface area contributed by atoms with E-state index in [4.69, 9.17) is 23.2 Å². The van der Waals surface area contributed by atoms with Crippen LogP contribution in [0.4, 0.5) is 0 Å². The lowest BCUT2D eigenvalue weighted by Gasteiger charge is -2.06. The third kappa shape index (κ3) is 4.31. The second kappa shape index (κ2) is 8.46. The van der Waals surface area contributed by atoms with Gasteiger partial charge in [-0.15, -0.1) is 11.3 Å². The fourth-order valence-electron chi connectivity index (χ4n) is 2.54. The molecule has 0 aliphatic rings. The maximum absolute atomic E-state index is 12.5. The molecule has 26 heavy (non-hydrogen) atoms. The summed E-state index contributed by atoms with van der Waals surface area (Å²) in [6.07, 6.45) is 0.754. The monoisotopic (exact) mass is 400 g/mol. The fraction of sp³-hybridized carbons (Fsp3) is 0.150. The molecule has 0 amide bonds. The van der Waals surface area contributed by atoms with Gasteiger partial charge in [-0.2, -0.15) is 5.26 Å². The van der Waals surface area contributed by atoms with Crippen molar-refractivity contribution in [2.24, 2.45) is 0 Å². The highest BCUT2D eigenvalue weighted by Gasteiger charge is 2.23. The number of carbonyl (C=O) groups is 1. The van der Waals surface area contributed by atoms with E-state index >= 15 is 0 Å². The summed E-state index contributed by atoms with van der Waals surface area (Å²) in [6.45, 7) is 0. The molecule has 0 radical (unpaired) electrons. The average molecular weight is 401 g/mol. The Bertz CT molecular complexity index is 960. The van der Waals surface area contributed by atoms with Crippen molar-refractivity contribution in [1.29, 1.82) is 5.26 Å². The van der Waals surface area contributed by atoms with E-state index in [0.29, 0.717) is 21.5 Å². The number of benzene rings is 2. The smallest absolute Gasteiger partial charge is 0.157 e. The first-order valence-corrected chi connectivity index (χ1v) is 9.59. The predicted molar refractivity (Wildman–Crippen MR) is 106 cm³/mol. The first kappa shape index (κ1) is 18.6. The zero-order valence-electron chi connectivity index (χ0n) is 13.7. The standard InChI is InChI=1S/C20H14Cl2N2OS/c21-15-8-5-14(6-9-15)18-12-26-20(24-18)16(11-23)19(25)10-7-13-3-1-2-4-17(13)22/h1-6,8-9,12,16H,7,10H2. The molecule has 1 unspecified atom stereocenters. The molecule has 0 spiro atoms. The maximum atomic E-state index is 12.5. The molecule has 0 bridgehead atoms. The minimum absolute atomic E-state index is 0.149. The minimum atomic E-state index is -0.858. The lowest BCUT2D eigenvalue weighted by molar-refractivity contribution is -0.119. The number of rotatable bonds is 6. The van der Waals surface area contributed by atoms with Crippen LogP contribution in [0.25, 0.3) is 11.3 Å². The zero-order chi connectivity index (χ0) is 18.5. The van der Waals surface area contributed by atoms with E-state index in [-0.39, 0.29) is 12.2 Å². The van der Waals surface area contributed by atoms with E-state index < -0.39 is 5.92 Å². The molecular formula is C20H14Cl2N2OS. The van der Waals surface area contributed by atoms with Crippen molar-refractivity contribution in [3.63, 3.8) is 0 Å².